The number of carbonyl (C=O) groups excluding carboxylic acids is 1. The van der Waals surface area contributed by atoms with Gasteiger partial charge in [0.2, 0.25) is 5.91 Å². The molecule has 4 rings (SSSR count). The number of piperazine rings is 1. The minimum Gasteiger partial charge on any atom is -0.508 e. The van der Waals surface area contributed by atoms with Crippen LogP contribution in [0, 0.1) is 0 Å². The van der Waals surface area contributed by atoms with Gasteiger partial charge in [-0.25, -0.2) is 9.36 Å². The van der Waals surface area contributed by atoms with Crippen molar-refractivity contribution in [3.8, 4) is 5.75 Å². The second-order valence-corrected chi connectivity index (χ2v) is 8.76. The SMILES string of the molecule is CSCCC(C(=O)N1CCN(c2ccc(O)cc2)CC1)n1c(=O)[nH]c2ccccc2c1=O. The topological polar surface area (TPSA) is 98.6 Å². The highest BCUT2D eigenvalue weighted by Gasteiger charge is 2.31. The summed E-state index contributed by atoms with van der Waals surface area (Å²) in [5.74, 6) is 0.667. The Kier molecular flexibility index (Phi) is 6.55. The van der Waals surface area contributed by atoms with E-state index in [0.29, 0.717) is 49.3 Å². The Morgan fingerprint density at radius 2 is 1.75 bits per heavy atom. The average Bonchev–Trinajstić information content (AvgIpc) is 2.81. The van der Waals surface area contributed by atoms with Gasteiger partial charge >= 0.3 is 5.69 Å². The van der Waals surface area contributed by atoms with E-state index in [1.807, 2.05) is 18.4 Å². The minimum absolute atomic E-state index is 0.202. The molecule has 2 heterocycles. The molecule has 1 aliphatic heterocycles. The zero-order chi connectivity index (χ0) is 22.7. The molecule has 168 valence electrons. The number of hydrogen-bond donors (Lipinski definition) is 2. The third-order valence-electron chi connectivity index (χ3n) is 5.84. The van der Waals surface area contributed by atoms with Gasteiger partial charge in [-0.3, -0.25) is 9.59 Å². The van der Waals surface area contributed by atoms with E-state index in [1.54, 1.807) is 53.1 Å². The quantitative estimate of drug-likeness (QED) is 0.592. The molecule has 0 aliphatic carbocycles. The van der Waals surface area contributed by atoms with Crippen molar-refractivity contribution in [2.75, 3.05) is 43.1 Å². The van der Waals surface area contributed by atoms with Crippen molar-refractivity contribution in [1.29, 1.82) is 0 Å². The number of anilines is 1. The molecule has 32 heavy (non-hydrogen) atoms. The molecule has 1 fully saturated rings. The van der Waals surface area contributed by atoms with E-state index in [2.05, 4.69) is 9.88 Å². The molecule has 0 spiro atoms. The van der Waals surface area contributed by atoms with E-state index in [4.69, 9.17) is 0 Å². The highest BCUT2D eigenvalue weighted by atomic mass is 32.2. The third-order valence-corrected chi connectivity index (χ3v) is 6.48. The van der Waals surface area contributed by atoms with E-state index in [9.17, 15) is 19.5 Å². The van der Waals surface area contributed by atoms with E-state index < -0.39 is 17.3 Å². The first-order valence-corrected chi connectivity index (χ1v) is 11.9. The molecule has 0 radical (unpaired) electrons. The molecule has 2 aromatic carbocycles. The predicted octanol–water partition coefficient (Wildman–Crippen LogP) is 2.04. The standard InChI is InChI=1S/C23H26N4O4S/c1-32-15-10-20(27-21(29)18-4-2-3-5-19(18)24-23(27)31)22(30)26-13-11-25(12-14-26)16-6-8-17(28)9-7-16/h2-9,20,28H,10-15H2,1H3,(H,24,31). The lowest BCUT2D eigenvalue weighted by Crippen LogP contribution is -2.53. The summed E-state index contributed by atoms with van der Waals surface area (Å²) in [6, 6.07) is 13.0. The van der Waals surface area contributed by atoms with Crippen molar-refractivity contribution >= 4 is 34.3 Å². The van der Waals surface area contributed by atoms with Crippen molar-refractivity contribution in [1.82, 2.24) is 14.5 Å². The summed E-state index contributed by atoms with van der Waals surface area (Å²) in [4.78, 5) is 46.1. The molecule has 9 heteroatoms. The van der Waals surface area contributed by atoms with Crippen molar-refractivity contribution in [3.05, 3.63) is 69.4 Å². The summed E-state index contributed by atoms with van der Waals surface area (Å²) >= 11 is 1.58. The van der Waals surface area contributed by atoms with Crippen LogP contribution in [0.25, 0.3) is 10.9 Å². The van der Waals surface area contributed by atoms with Crippen LogP contribution in [-0.4, -0.2) is 63.7 Å². The number of phenols is 1. The molecule has 8 nitrogen and oxygen atoms in total. The number of aromatic nitrogens is 2. The summed E-state index contributed by atoms with van der Waals surface area (Å²) < 4.78 is 1.09. The first-order chi connectivity index (χ1) is 15.5. The fourth-order valence-electron chi connectivity index (χ4n) is 4.11. The summed E-state index contributed by atoms with van der Waals surface area (Å²) in [6.45, 7) is 2.26. The fourth-order valence-corrected chi connectivity index (χ4v) is 4.57. The normalized spacial score (nSPS) is 15.2. The number of aromatic amines is 1. The van der Waals surface area contributed by atoms with Crippen LogP contribution in [0.1, 0.15) is 12.5 Å². The number of para-hydroxylation sites is 1. The van der Waals surface area contributed by atoms with Crippen LogP contribution in [0.15, 0.2) is 58.1 Å². The van der Waals surface area contributed by atoms with Crippen molar-refractivity contribution < 1.29 is 9.90 Å². The molecule has 1 aliphatic rings. The zero-order valence-corrected chi connectivity index (χ0v) is 18.7. The van der Waals surface area contributed by atoms with Crippen molar-refractivity contribution in [2.45, 2.75) is 12.5 Å². The van der Waals surface area contributed by atoms with Crippen LogP contribution < -0.4 is 16.1 Å². The Morgan fingerprint density at radius 1 is 1.06 bits per heavy atom. The van der Waals surface area contributed by atoms with Crippen LogP contribution in [0.3, 0.4) is 0 Å². The first-order valence-electron chi connectivity index (χ1n) is 10.5. The van der Waals surface area contributed by atoms with E-state index in [1.165, 1.54) is 0 Å². The van der Waals surface area contributed by atoms with Gasteiger partial charge in [-0.1, -0.05) is 12.1 Å². The van der Waals surface area contributed by atoms with Crippen LogP contribution in [0.2, 0.25) is 0 Å². The molecule has 1 aromatic heterocycles. The number of fused-ring (bicyclic) bond motifs is 1. The van der Waals surface area contributed by atoms with Gasteiger partial charge in [0, 0.05) is 31.9 Å². The molecule has 3 aromatic rings. The van der Waals surface area contributed by atoms with Gasteiger partial charge in [-0.05, 0) is 54.8 Å². The number of aromatic hydroxyl groups is 1. The smallest absolute Gasteiger partial charge is 0.329 e. The lowest BCUT2D eigenvalue weighted by molar-refractivity contribution is -0.135. The Labute approximate surface area is 189 Å². The lowest BCUT2D eigenvalue weighted by atomic mass is 10.1. The molecule has 1 unspecified atom stereocenters. The molecule has 0 bridgehead atoms. The Balaban J connectivity index is 1.59. The van der Waals surface area contributed by atoms with Gasteiger partial charge in [0.05, 0.1) is 10.9 Å². The summed E-state index contributed by atoms with van der Waals surface area (Å²) in [5, 5.41) is 9.89. The Bertz CT molecular complexity index is 1210. The number of nitrogens with zero attached hydrogens (tertiary/aromatic N) is 3. The Morgan fingerprint density at radius 3 is 2.44 bits per heavy atom. The van der Waals surface area contributed by atoms with E-state index in [-0.39, 0.29) is 11.7 Å². The second kappa shape index (κ2) is 9.52. The number of phenolic OH excluding ortho intramolecular Hbond substituents is 1. The van der Waals surface area contributed by atoms with Gasteiger partial charge in [0.25, 0.3) is 5.56 Å². The lowest BCUT2D eigenvalue weighted by Gasteiger charge is -2.37. The highest BCUT2D eigenvalue weighted by Crippen LogP contribution is 2.22. The summed E-state index contributed by atoms with van der Waals surface area (Å²) in [6.07, 6.45) is 2.34. The number of thioether (sulfide) groups is 1. The van der Waals surface area contributed by atoms with Gasteiger partial charge in [0.15, 0.2) is 0 Å². The molecular weight excluding hydrogens is 428 g/mol. The van der Waals surface area contributed by atoms with Crippen LogP contribution in [0.4, 0.5) is 5.69 Å². The number of amides is 1. The Hall–Kier alpha value is -3.20. The molecule has 0 saturated carbocycles. The molecule has 1 saturated heterocycles. The number of carbonyl (C=O) groups is 1. The molecule has 1 amide bonds. The summed E-state index contributed by atoms with van der Waals surface area (Å²) in [5.41, 5.74) is 0.454. The number of H-pyrrole nitrogens is 1. The van der Waals surface area contributed by atoms with Crippen LogP contribution in [0.5, 0.6) is 5.75 Å². The van der Waals surface area contributed by atoms with Gasteiger partial charge in [-0.2, -0.15) is 11.8 Å². The van der Waals surface area contributed by atoms with Gasteiger partial charge < -0.3 is 19.9 Å². The fraction of sp³-hybridized carbons (Fsp3) is 0.348. The van der Waals surface area contributed by atoms with Crippen LogP contribution >= 0.6 is 11.8 Å². The average molecular weight is 455 g/mol. The van der Waals surface area contributed by atoms with Gasteiger partial charge in [0.1, 0.15) is 11.8 Å². The van der Waals surface area contributed by atoms with E-state index >= 15 is 0 Å². The highest BCUT2D eigenvalue weighted by molar-refractivity contribution is 7.98. The zero-order valence-electron chi connectivity index (χ0n) is 17.9. The maximum absolute atomic E-state index is 13.5. The molecular formula is C23H26N4O4S. The maximum Gasteiger partial charge on any atom is 0.329 e. The number of nitrogens with one attached hydrogen (secondary N) is 1. The largest absolute Gasteiger partial charge is 0.508 e. The molecule has 2 N–H and O–H groups in total. The van der Waals surface area contributed by atoms with Gasteiger partial charge in [-0.15, -0.1) is 0 Å². The monoisotopic (exact) mass is 454 g/mol. The molecule has 1 atom stereocenters. The van der Waals surface area contributed by atoms with E-state index in [0.717, 1.165) is 10.3 Å². The summed E-state index contributed by atoms with van der Waals surface area (Å²) in [7, 11) is 0. The second-order valence-electron chi connectivity index (χ2n) is 7.78. The number of hydrogen-bond acceptors (Lipinski definition) is 6. The number of benzene rings is 2. The third kappa shape index (κ3) is 4.38. The van der Waals surface area contributed by atoms with Crippen molar-refractivity contribution in [2.24, 2.45) is 0 Å². The maximum atomic E-state index is 13.5. The van der Waals surface area contributed by atoms with Crippen molar-refractivity contribution in [3.63, 3.8) is 0 Å². The predicted molar refractivity (Wildman–Crippen MR) is 128 cm³/mol. The first kappa shape index (κ1) is 22.0. The number of rotatable bonds is 6. The minimum atomic E-state index is -0.844. The van der Waals surface area contributed by atoms with Crippen LogP contribution in [-0.2, 0) is 4.79 Å².